The predicted molar refractivity (Wildman–Crippen MR) is 112 cm³/mol. The van der Waals surface area contributed by atoms with Gasteiger partial charge in [-0.05, 0) is 71.6 Å². The van der Waals surface area contributed by atoms with Gasteiger partial charge in [-0.15, -0.1) is 0 Å². The fourth-order valence-corrected chi connectivity index (χ4v) is 4.13. The van der Waals surface area contributed by atoms with E-state index >= 15 is 0 Å². The fourth-order valence-electron chi connectivity index (χ4n) is 3.04. The van der Waals surface area contributed by atoms with Gasteiger partial charge in [0.1, 0.15) is 0 Å². The third-order valence-corrected chi connectivity index (χ3v) is 5.54. The van der Waals surface area contributed by atoms with E-state index in [1.165, 1.54) is 5.56 Å². The number of benzene rings is 1. The molecule has 0 spiro atoms. The average molecular weight is 386 g/mol. The van der Waals surface area contributed by atoms with Crippen LogP contribution in [0.1, 0.15) is 35.1 Å². The maximum atomic E-state index is 13.2. The van der Waals surface area contributed by atoms with Gasteiger partial charge in [-0.2, -0.15) is 5.10 Å². The molecule has 0 unspecified atom stereocenters. The van der Waals surface area contributed by atoms with Crippen molar-refractivity contribution in [2.75, 3.05) is 32.1 Å². The average Bonchev–Trinajstić information content (AvgIpc) is 3.20. The van der Waals surface area contributed by atoms with Crippen LogP contribution in [0.3, 0.4) is 0 Å². The lowest BCUT2D eigenvalue weighted by molar-refractivity contribution is 0.0980. The second kappa shape index (κ2) is 8.19. The zero-order valence-electron chi connectivity index (χ0n) is 16.7. The van der Waals surface area contributed by atoms with Crippen LogP contribution in [0.2, 0.25) is 0 Å². The molecule has 0 aliphatic rings. The van der Waals surface area contributed by atoms with E-state index in [4.69, 9.17) is 4.98 Å². The molecule has 1 amide bonds. The molecule has 6 nitrogen and oxygen atoms in total. The van der Waals surface area contributed by atoms with E-state index in [1.807, 2.05) is 44.8 Å². The Balaban J connectivity index is 1.94. The lowest BCUT2D eigenvalue weighted by Crippen LogP contribution is -2.33. The maximum absolute atomic E-state index is 13.2. The van der Waals surface area contributed by atoms with Gasteiger partial charge in [-0.3, -0.25) is 14.4 Å². The first-order chi connectivity index (χ1) is 12.9. The number of hydrogen-bond acceptors (Lipinski definition) is 5. The Morgan fingerprint density at radius 2 is 1.96 bits per heavy atom. The number of aromatic nitrogens is 3. The van der Waals surface area contributed by atoms with Crippen molar-refractivity contribution in [2.45, 2.75) is 33.7 Å². The third-order valence-electron chi connectivity index (χ3n) is 4.50. The standard InChI is InChI=1S/C20H27N5OS/c1-6-25-15(3)13-17(22-25)19(26)24(11-7-10-23(4)5)20-21-16-9-8-14(2)12-18(16)27-20/h8-9,12-13H,6-7,10-11H2,1-5H3. The van der Waals surface area contributed by atoms with Crippen LogP contribution >= 0.6 is 11.3 Å². The molecule has 0 N–H and O–H groups in total. The van der Waals surface area contributed by atoms with Crippen molar-refractivity contribution in [1.29, 1.82) is 0 Å². The Labute approximate surface area is 164 Å². The molecule has 2 aromatic heterocycles. The van der Waals surface area contributed by atoms with E-state index < -0.39 is 0 Å². The third kappa shape index (κ3) is 4.36. The van der Waals surface area contributed by atoms with E-state index in [1.54, 1.807) is 16.2 Å². The zero-order valence-corrected chi connectivity index (χ0v) is 17.5. The Bertz CT molecular complexity index is 943. The van der Waals surface area contributed by atoms with Crippen molar-refractivity contribution < 1.29 is 4.79 Å². The summed E-state index contributed by atoms with van der Waals surface area (Å²) in [5.74, 6) is -0.0835. The number of carbonyl (C=O) groups excluding carboxylic acids is 1. The largest absolute Gasteiger partial charge is 0.309 e. The second-order valence-corrected chi connectivity index (χ2v) is 8.08. The van der Waals surface area contributed by atoms with Crippen molar-refractivity contribution in [3.8, 4) is 0 Å². The number of rotatable bonds is 7. The SMILES string of the molecule is CCn1nc(C(=O)N(CCCN(C)C)c2nc3ccc(C)cc3s2)cc1C. The topological polar surface area (TPSA) is 54.3 Å². The van der Waals surface area contributed by atoms with Gasteiger partial charge in [0.25, 0.3) is 5.91 Å². The van der Waals surface area contributed by atoms with Crippen LogP contribution in [-0.4, -0.2) is 52.8 Å². The number of thiazole rings is 1. The second-order valence-electron chi connectivity index (χ2n) is 7.07. The molecule has 27 heavy (non-hydrogen) atoms. The van der Waals surface area contributed by atoms with Gasteiger partial charge in [0.05, 0.1) is 10.2 Å². The summed E-state index contributed by atoms with van der Waals surface area (Å²) < 4.78 is 2.96. The minimum atomic E-state index is -0.0835. The highest BCUT2D eigenvalue weighted by Gasteiger charge is 2.23. The predicted octanol–water partition coefficient (Wildman–Crippen LogP) is 3.73. The summed E-state index contributed by atoms with van der Waals surface area (Å²) in [5.41, 5.74) is 3.60. The molecule has 1 aromatic carbocycles. The first kappa shape index (κ1) is 19.5. The summed E-state index contributed by atoms with van der Waals surface area (Å²) in [4.78, 5) is 21.9. The summed E-state index contributed by atoms with van der Waals surface area (Å²) in [7, 11) is 4.08. The molecule has 0 bridgehead atoms. The van der Waals surface area contributed by atoms with Gasteiger partial charge in [0.15, 0.2) is 10.8 Å². The Morgan fingerprint density at radius 3 is 2.63 bits per heavy atom. The lowest BCUT2D eigenvalue weighted by Gasteiger charge is -2.20. The molecule has 3 rings (SSSR count). The molecule has 0 radical (unpaired) electrons. The van der Waals surface area contributed by atoms with Crippen LogP contribution in [0.5, 0.6) is 0 Å². The highest BCUT2D eigenvalue weighted by atomic mass is 32.1. The number of amides is 1. The van der Waals surface area contributed by atoms with E-state index in [0.29, 0.717) is 12.2 Å². The number of fused-ring (bicyclic) bond motifs is 1. The van der Waals surface area contributed by atoms with Crippen LogP contribution < -0.4 is 4.90 Å². The van der Waals surface area contributed by atoms with Crippen LogP contribution in [0, 0.1) is 13.8 Å². The van der Waals surface area contributed by atoms with E-state index in [9.17, 15) is 4.79 Å². The molecule has 3 aromatic rings. The Kier molecular flexibility index (Phi) is 5.92. The van der Waals surface area contributed by atoms with Gasteiger partial charge >= 0.3 is 0 Å². The van der Waals surface area contributed by atoms with Crippen molar-refractivity contribution in [1.82, 2.24) is 19.7 Å². The lowest BCUT2D eigenvalue weighted by atomic mass is 10.2. The molecule has 0 saturated heterocycles. The van der Waals surface area contributed by atoms with Crippen LogP contribution in [0.25, 0.3) is 10.2 Å². The normalized spacial score (nSPS) is 11.5. The van der Waals surface area contributed by atoms with Gasteiger partial charge < -0.3 is 4.90 Å². The van der Waals surface area contributed by atoms with Gasteiger partial charge in [0.2, 0.25) is 0 Å². The summed E-state index contributed by atoms with van der Waals surface area (Å²) >= 11 is 1.56. The van der Waals surface area contributed by atoms with Gasteiger partial charge in [-0.25, -0.2) is 4.98 Å². The molecule has 0 saturated carbocycles. The van der Waals surface area contributed by atoms with Gasteiger partial charge in [-0.1, -0.05) is 17.4 Å². The smallest absolute Gasteiger partial charge is 0.280 e. The number of aryl methyl sites for hydroxylation is 3. The minimum Gasteiger partial charge on any atom is -0.309 e. The van der Waals surface area contributed by atoms with Crippen molar-refractivity contribution in [2.24, 2.45) is 0 Å². The van der Waals surface area contributed by atoms with E-state index in [-0.39, 0.29) is 5.91 Å². The van der Waals surface area contributed by atoms with Crippen molar-refractivity contribution >= 4 is 32.6 Å². The highest BCUT2D eigenvalue weighted by molar-refractivity contribution is 7.22. The summed E-state index contributed by atoms with van der Waals surface area (Å²) in [5, 5.41) is 5.22. The number of carbonyl (C=O) groups is 1. The van der Waals surface area contributed by atoms with Gasteiger partial charge in [0, 0.05) is 18.8 Å². The summed E-state index contributed by atoms with van der Waals surface area (Å²) in [6.07, 6.45) is 0.876. The number of hydrogen-bond donors (Lipinski definition) is 0. The van der Waals surface area contributed by atoms with Crippen LogP contribution in [0.4, 0.5) is 5.13 Å². The molecule has 0 aliphatic carbocycles. The monoisotopic (exact) mass is 385 g/mol. The number of nitrogens with zero attached hydrogens (tertiary/aromatic N) is 5. The first-order valence-corrected chi connectivity index (χ1v) is 10.1. The Hall–Kier alpha value is -2.25. The van der Waals surface area contributed by atoms with Crippen molar-refractivity contribution in [3.63, 3.8) is 0 Å². The fraction of sp³-hybridized carbons (Fsp3) is 0.450. The van der Waals surface area contributed by atoms with E-state index in [0.717, 1.165) is 40.6 Å². The summed E-state index contributed by atoms with van der Waals surface area (Å²) in [6.45, 7) is 8.35. The van der Waals surface area contributed by atoms with E-state index in [2.05, 4.69) is 29.1 Å². The molecule has 0 fully saturated rings. The molecule has 7 heteroatoms. The molecule has 144 valence electrons. The molecular weight excluding hydrogens is 358 g/mol. The molecule has 0 aliphatic heterocycles. The first-order valence-electron chi connectivity index (χ1n) is 9.27. The summed E-state index contributed by atoms with van der Waals surface area (Å²) in [6, 6.07) is 8.05. The molecular formula is C20H27N5OS. The van der Waals surface area contributed by atoms with Crippen LogP contribution in [-0.2, 0) is 6.54 Å². The highest BCUT2D eigenvalue weighted by Crippen LogP contribution is 2.30. The molecule has 0 atom stereocenters. The zero-order chi connectivity index (χ0) is 19.6. The maximum Gasteiger partial charge on any atom is 0.280 e. The minimum absolute atomic E-state index is 0.0835. The quantitative estimate of drug-likeness (QED) is 0.622. The number of anilines is 1. The Morgan fingerprint density at radius 1 is 1.19 bits per heavy atom. The molecule has 2 heterocycles. The van der Waals surface area contributed by atoms with Crippen molar-refractivity contribution in [3.05, 3.63) is 41.2 Å². The van der Waals surface area contributed by atoms with Crippen LogP contribution in [0.15, 0.2) is 24.3 Å².